The van der Waals surface area contributed by atoms with Crippen LogP contribution in [0.3, 0.4) is 0 Å². The van der Waals surface area contributed by atoms with Crippen LogP contribution in [0.2, 0.25) is 5.02 Å². The van der Waals surface area contributed by atoms with Crippen LogP contribution >= 0.6 is 11.6 Å². The van der Waals surface area contributed by atoms with E-state index >= 15 is 0 Å². The molecule has 2 heterocycles. The molecule has 0 amide bonds. The van der Waals surface area contributed by atoms with E-state index in [1.165, 1.54) is 0 Å². The van der Waals surface area contributed by atoms with Gasteiger partial charge in [0.05, 0.1) is 23.3 Å². The molecule has 0 aliphatic heterocycles. The first-order valence-electron chi connectivity index (χ1n) is 7.36. The molecule has 5 nitrogen and oxygen atoms in total. The first-order valence-corrected chi connectivity index (χ1v) is 7.73. The monoisotopic (exact) mass is 336 g/mol. The van der Waals surface area contributed by atoms with Crippen LogP contribution in [0.15, 0.2) is 60.8 Å². The highest BCUT2D eigenvalue weighted by atomic mass is 35.5. The number of halogens is 1. The maximum atomic E-state index is 10.1. The molecule has 3 N–H and O–H groups in total. The van der Waals surface area contributed by atoms with Gasteiger partial charge in [-0.3, -0.25) is 10.2 Å². The molecular weight excluding hydrogens is 324 g/mol. The van der Waals surface area contributed by atoms with Crippen LogP contribution in [0, 0.1) is 0 Å². The van der Waals surface area contributed by atoms with Gasteiger partial charge in [-0.05, 0) is 30.3 Å². The normalized spacial score (nSPS) is 10.9. The Balaban J connectivity index is 1.75. The molecular formula is C18H13ClN4O. The molecule has 0 aliphatic carbocycles. The number of hydrogen-bond acceptors (Lipinski definition) is 3. The van der Waals surface area contributed by atoms with Crippen LogP contribution in [-0.4, -0.2) is 25.5 Å². The lowest BCUT2D eigenvalue weighted by Gasteiger charge is -2.03. The Morgan fingerprint density at radius 2 is 1.71 bits per heavy atom. The number of nitrogens with one attached hydrogen (secondary N) is 2. The maximum Gasteiger partial charge on any atom is 0.124 e. The number of phenols is 1. The van der Waals surface area contributed by atoms with Crippen molar-refractivity contribution in [1.82, 2.24) is 20.4 Å². The molecule has 6 heteroatoms. The molecule has 0 spiro atoms. The van der Waals surface area contributed by atoms with E-state index in [-0.39, 0.29) is 5.75 Å². The summed E-state index contributed by atoms with van der Waals surface area (Å²) in [6.07, 6.45) is 1.71. The van der Waals surface area contributed by atoms with Gasteiger partial charge < -0.3 is 5.11 Å². The summed E-state index contributed by atoms with van der Waals surface area (Å²) < 4.78 is 0. The van der Waals surface area contributed by atoms with Crippen molar-refractivity contribution in [2.24, 2.45) is 0 Å². The molecule has 4 aromatic rings. The number of aromatic hydroxyl groups is 1. The third kappa shape index (κ3) is 2.55. The topological polar surface area (TPSA) is 77.6 Å². The van der Waals surface area contributed by atoms with E-state index in [1.54, 1.807) is 18.3 Å². The number of para-hydroxylation sites is 1. The second kappa shape index (κ2) is 5.86. The van der Waals surface area contributed by atoms with Crippen molar-refractivity contribution < 1.29 is 5.11 Å². The zero-order valence-corrected chi connectivity index (χ0v) is 13.2. The smallest absolute Gasteiger partial charge is 0.124 e. The molecule has 0 saturated carbocycles. The number of aromatic nitrogens is 4. The minimum absolute atomic E-state index is 0.195. The number of hydrogen-bond donors (Lipinski definition) is 3. The quantitative estimate of drug-likeness (QED) is 0.515. The van der Waals surface area contributed by atoms with Gasteiger partial charge in [-0.15, -0.1) is 0 Å². The van der Waals surface area contributed by atoms with E-state index in [0.717, 1.165) is 28.2 Å². The van der Waals surface area contributed by atoms with E-state index in [1.807, 2.05) is 42.5 Å². The maximum absolute atomic E-state index is 10.1. The fourth-order valence-electron chi connectivity index (χ4n) is 2.61. The van der Waals surface area contributed by atoms with Crippen molar-refractivity contribution in [3.05, 3.63) is 65.8 Å². The average molecular weight is 337 g/mol. The number of H-pyrrole nitrogens is 2. The third-order valence-corrected chi connectivity index (χ3v) is 4.07. The van der Waals surface area contributed by atoms with Gasteiger partial charge in [-0.25, -0.2) is 0 Å². The summed E-state index contributed by atoms with van der Waals surface area (Å²) in [4.78, 5) is 0. The Kier molecular flexibility index (Phi) is 3.55. The van der Waals surface area contributed by atoms with Crippen molar-refractivity contribution in [3.8, 4) is 39.5 Å². The largest absolute Gasteiger partial charge is 0.507 e. The minimum Gasteiger partial charge on any atom is -0.507 e. The molecule has 2 aromatic carbocycles. The molecule has 0 saturated heterocycles. The highest BCUT2D eigenvalue weighted by Crippen LogP contribution is 2.35. The molecule has 24 heavy (non-hydrogen) atoms. The highest BCUT2D eigenvalue weighted by Gasteiger charge is 2.15. The Morgan fingerprint density at radius 3 is 2.50 bits per heavy atom. The number of rotatable bonds is 3. The summed E-state index contributed by atoms with van der Waals surface area (Å²) >= 11 is 5.92. The van der Waals surface area contributed by atoms with Crippen molar-refractivity contribution in [3.63, 3.8) is 0 Å². The SMILES string of the molecule is Oc1ccccc1-c1[nH]ncc1-c1cc(-c2ccc(Cl)cc2)n[nH]1. The van der Waals surface area contributed by atoms with Crippen LogP contribution in [0.25, 0.3) is 33.8 Å². The lowest BCUT2D eigenvalue weighted by molar-refractivity contribution is 0.477. The van der Waals surface area contributed by atoms with Crippen LogP contribution in [-0.2, 0) is 0 Å². The molecule has 0 atom stereocenters. The van der Waals surface area contributed by atoms with Gasteiger partial charge in [0.2, 0.25) is 0 Å². The number of nitrogens with zero attached hydrogens (tertiary/aromatic N) is 2. The highest BCUT2D eigenvalue weighted by molar-refractivity contribution is 6.30. The molecule has 0 fully saturated rings. The fourth-order valence-corrected chi connectivity index (χ4v) is 2.73. The van der Waals surface area contributed by atoms with E-state index in [4.69, 9.17) is 11.6 Å². The second-order valence-corrected chi connectivity index (χ2v) is 5.79. The van der Waals surface area contributed by atoms with Crippen molar-refractivity contribution in [1.29, 1.82) is 0 Å². The predicted molar refractivity (Wildman–Crippen MR) is 93.7 cm³/mol. The standard InChI is InChI=1S/C18H13ClN4O/c19-12-7-5-11(6-8-12)15-9-16(22-21-15)14-10-20-23-18(14)13-3-1-2-4-17(13)24/h1-10,24H,(H,20,23)(H,21,22). The molecule has 4 rings (SSSR count). The molecule has 0 unspecified atom stereocenters. The van der Waals surface area contributed by atoms with Gasteiger partial charge in [0.1, 0.15) is 5.75 Å². The Bertz CT molecular complexity index is 988. The Labute approximate surface area is 142 Å². The van der Waals surface area contributed by atoms with E-state index in [2.05, 4.69) is 20.4 Å². The second-order valence-electron chi connectivity index (χ2n) is 5.35. The molecule has 0 radical (unpaired) electrons. The van der Waals surface area contributed by atoms with Crippen LogP contribution in [0.5, 0.6) is 5.75 Å². The summed E-state index contributed by atoms with van der Waals surface area (Å²) in [6.45, 7) is 0. The summed E-state index contributed by atoms with van der Waals surface area (Å²) in [5, 5.41) is 25.2. The van der Waals surface area contributed by atoms with Crippen molar-refractivity contribution in [2.45, 2.75) is 0 Å². The van der Waals surface area contributed by atoms with Gasteiger partial charge in [0.15, 0.2) is 0 Å². The van der Waals surface area contributed by atoms with Crippen LogP contribution < -0.4 is 0 Å². The molecule has 2 aromatic heterocycles. The summed E-state index contributed by atoms with van der Waals surface area (Å²) in [6, 6.07) is 16.6. The molecule has 118 valence electrons. The van der Waals surface area contributed by atoms with Gasteiger partial charge in [-0.2, -0.15) is 10.2 Å². The van der Waals surface area contributed by atoms with Gasteiger partial charge in [0.25, 0.3) is 0 Å². The predicted octanol–water partition coefficient (Wildman–Crippen LogP) is 4.49. The first kappa shape index (κ1) is 14.5. The zero-order valence-electron chi connectivity index (χ0n) is 12.5. The van der Waals surface area contributed by atoms with Gasteiger partial charge in [0, 0.05) is 21.7 Å². The van der Waals surface area contributed by atoms with E-state index in [9.17, 15) is 5.11 Å². The summed E-state index contributed by atoms with van der Waals surface area (Å²) in [5.41, 5.74) is 4.85. The lowest BCUT2D eigenvalue weighted by atomic mass is 10.0. The first-order chi connectivity index (χ1) is 11.7. The van der Waals surface area contributed by atoms with Crippen LogP contribution in [0.1, 0.15) is 0 Å². The number of phenolic OH excluding ortho intramolecular Hbond substituents is 1. The third-order valence-electron chi connectivity index (χ3n) is 3.82. The van der Waals surface area contributed by atoms with Crippen molar-refractivity contribution >= 4 is 11.6 Å². The minimum atomic E-state index is 0.195. The van der Waals surface area contributed by atoms with E-state index < -0.39 is 0 Å². The average Bonchev–Trinajstić information content (AvgIpc) is 3.25. The number of benzene rings is 2. The van der Waals surface area contributed by atoms with E-state index in [0.29, 0.717) is 10.6 Å². The summed E-state index contributed by atoms with van der Waals surface area (Å²) in [5.74, 6) is 0.195. The zero-order chi connectivity index (χ0) is 16.5. The van der Waals surface area contributed by atoms with Crippen molar-refractivity contribution in [2.75, 3.05) is 0 Å². The Morgan fingerprint density at radius 1 is 0.917 bits per heavy atom. The van der Waals surface area contributed by atoms with Crippen LogP contribution in [0.4, 0.5) is 0 Å². The van der Waals surface area contributed by atoms with Gasteiger partial charge >= 0.3 is 0 Å². The lowest BCUT2D eigenvalue weighted by Crippen LogP contribution is -1.83. The Hall–Kier alpha value is -3.05. The molecule has 0 bridgehead atoms. The number of aromatic amines is 2. The van der Waals surface area contributed by atoms with Gasteiger partial charge in [-0.1, -0.05) is 35.9 Å². The fraction of sp³-hybridized carbons (Fsp3) is 0. The molecule has 0 aliphatic rings. The summed E-state index contributed by atoms with van der Waals surface area (Å²) in [7, 11) is 0.